The Kier molecular flexibility index (Phi) is 4.63. The summed E-state index contributed by atoms with van der Waals surface area (Å²) in [5.74, 6) is 0. The number of rotatable bonds is 5. The third-order valence-electron chi connectivity index (χ3n) is 2.65. The number of anilines is 1. The number of aliphatic hydroxyl groups is 1. The normalized spacial score (nSPS) is 12.5. The highest BCUT2D eigenvalue weighted by Crippen LogP contribution is 2.25. The van der Waals surface area contributed by atoms with Gasteiger partial charge >= 0.3 is 0 Å². The summed E-state index contributed by atoms with van der Waals surface area (Å²) < 4.78 is 0. The van der Waals surface area contributed by atoms with Gasteiger partial charge in [-0.15, -0.1) is 0 Å². The lowest BCUT2D eigenvalue weighted by atomic mass is 10.1. The van der Waals surface area contributed by atoms with Gasteiger partial charge in [-0.3, -0.25) is 0 Å². The number of hydrogen-bond donors (Lipinski definition) is 1. The second-order valence-electron chi connectivity index (χ2n) is 4.01. The molecule has 1 aromatic carbocycles. The molecule has 0 aliphatic rings. The van der Waals surface area contributed by atoms with Gasteiger partial charge in [0, 0.05) is 24.8 Å². The van der Waals surface area contributed by atoms with Crippen molar-refractivity contribution in [2.45, 2.75) is 32.8 Å². The molecule has 0 bridgehead atoms. The van der Waals surface area contributed by atoms with Crippen LogP contribution in [-0.4, -0.2) is 18.7 Å². The third-order valence-corrected chi connectivity index (χ3v) is 2.65. The molecule has 1 rings (SSSR count). The van der Waals surface area contributed by atoms with Crippen LogP contribution in [0.5, 0.6) is 0 Å². The average Bonchev–Trinajstić information content (AvgIpc) is 2.25. The van der Waals surface area contributed by atoms with Crippen molar-refractivity contribution in [2.24, 2.45) is 0 Å². The van der Waals surface area contributed by atoms with Crippen LogP contribution in [0.15, 0.2) is 24.3 Å². The topological polar surface area (TPSA) is 23.5 Å². The maximum Gasteiger partial charge on any atom is 0.0781 e. The minimum atomic E-state index is -0.398. The molecule has 0 aromatic heterocycles. The first kappa shape index (κ1) is 12.1. The van der Waals surface area contributed by atoms with E-state index < -0.39 is 6.10 Å². The number of unbranched alkanes of at least 4 members (excludes halogenated alkanes) is 1. The zero-order valence-electron chi connectivity index (χ0n) is 9.90. The fourth-order valence-corrected chi connectivity index (χ4v) is 1.70. The zero-order chi connectivity index (χ0) is 11.3. The summed E-state index contributed by atoms with van der Waals surface area (Å²) in [6, 6.07) is 8.04. The van der Waals surface area contributed by atoms with E-state index in [4.69, 9.17) is 0 Å². The van der Waals surface area contributed by atoms with E-state index in [1.807, 2.05) is 25.1 Å². The number of benzene rings is 1. The van der Waals surface area contributed by atoms with Gasteiger partial charge < -0.3 is 10.0 Å². The molecule has 0 heterocycles. The molecule has 0 aliphatic heterocycles. The van der Waals surface area contributed by atoms with Gasteiger partial charge in [0.25, 0.3) is 0 Å². The summed E-state index contributed by atoms with van der Waals surface area (Å²) in [5, 5.41) is 9.65. The molecule has 84 valence electrons. The Hall–Kier alpha value is -1.02. The van der Waals surface area contributed by atoms with Crippen molar-refractivity contribution in [3.05, 3.63) is 29.8 Å². The van der Waals surface area contributed by atoms with E-state index in [0.29, 0.717) is 0 Å². The molecule has 0 radical (unpaired) electrons. The van der Waals surface area contributed by atoms with Gasteiger partial charge in [-0.1, -0.05) is 31.5 Å². The summed E-state index contributed by atoms with van der Waals surface area (Å²) in [6.45, 7) is 5.04. The van der Waals surface area contributed by atoms with Crippen molar-refractivity contribution >= 4 is 5.69 Å². The Labute approximate surface area is 92.5 Å². The largest absolute Gasteiger partial charge is 0.389 e. The standard InChI is InChI=1S/C13H21NO/c1-4-5-10-14(3)13-9-7-6-8-12(13)11(2)15/h6-9,11,15H,4-5,10H2,1-3H3/t11-/m0/s1. The Balaban J connectivity index is 2.82. The molecule has 0 saturated heterocycles. The van der Waals surface area contributed by atoms with E-state index in [0.717, 1.165) is 17.8 Å². The predicted molar refractivity (Wildman–Crippen MR) is 65.3 cm³/mol. The summed E-state index contributed by atoms with van der Waals surface area (Å²) in [4.78, 5) is 2.21. The van der Waals surface area contributed by atoms with Crippen molar-refractivity contribution in [3.8, 4) is 0 Å². The minimum absolute atomic E-state index is 0.398. The van der Waals surface area contributed by atoms with Crippen LogP contribution in [0.1, 0.15) is 38.4 Å². The minimum Gasteiger partial charge on any atom is -0.389 e. The molecule has 1 atom stereocenters. The van der Waals surface area contributed by atoms with Crippen molar-refractivity contribution in [1.29, 1.82) is 0 Å². The lowest BCUT2D eigenvalue weighted by Crippen LogP contribution is -2.20. The highest BCUT2D eigenvalue weighted by molar-refractivity contribution is 5.53. The fraction of sp³-hybridized carbons (Fsp3) is 0.538. The second kappa shape index (κ2) is 5.76. The first-order valence-electron chi connectivity index (χ1n) is 5.65. The number of aliphatic hydroxyl groups excluding tert-OH is 1. The molecule has 0 fully saturated rings. The summed E-state index contributed by atoms with van der Waals surface area (Å²) in [5.41, 5.74) is 2.15. The molecule has 1 aromatic rings. The predicted octanol–water partition coefficient (Wildman–Crippen LogP) is 2.98. The Morgan fingerprint density at radius 1 is 1.33 bits per heavy atom. The Morgan fingerprint density at radius 3 is 2.60 bits per heavy atom. The van der Waals surface area contributed by atoms with E-state index in [2.05, 4.69) is 24.9 Å². The van der Waals surface area contributed by atoms with Crippen LogP contribution in [0.4, 0.5) is 5.69 Å². The van der Waals surface area contributed by atoms with Crippen molar-refractivity contribution < 1.29 is 5.11 Å². The molecule has 2 nitrogen and oxygen atoms in total. The van der Waals surface area contributed by atoms with E-state index in [-0.39, 0.29) is 0 Å². The van der Waals surface area contributed by atoms with Crippen LogP contribution in [0.3, 0.4) is 0 Å². The first-order chi connectivity index (χ1) is 7.16. The van der Waals surface area contributed by atoms with Gasteiger partial charge in [-0.25, -0.2) is 0 Å². The van der Waals surface area contributed by atoms with Crippen LogP contribution >= 0.6 is 0 Å². The molecule has 0 saturated carbocycles. The Bertz CT molecular complexity index is 296. The quantitative estimate of drug-likeness (QED) is 0.802. The van der Waals surface area contributed by atoms with Crippen LogP contribution in [-0.2, 0) is 0 Å². The van der Waals surface area contributed by atoms with Gasteiger partial charge in [-0.05, 0) is 19.4 Å². The SMILES string of the molecule is CCCCN(C)c1ccccc1[C@H](C)O. The van der Waals surface area contributed by atoms with E-state index in [9.17, 15) is 5.11 Å². The third kappa shape index (κ3) is 3.24. The molecule has 0 unspecified atom stereocenters. The van der Waals surface area contributed by atoms with Gasteiger partial charge in [0.2, 0.25) is 0 Å². The summed E-state index contributed by atoms with van der Waals surface area (Å²) >= 11 is 0. The number of nitrogens with zero attached hydrogens (tertiary/aromatic N) is 1. The average molecular weight is 207 g/mol. The molecular weight excluding hydrogens is 186 g/mol. The maximum absolute atomic E-state index is 9.65. The van der Waals surface area contributed by atoms with E-state index >= 15 is 0 Å². The van der Waals surface area contributed by atoms with E-state index in [1.165, 1.54) is 12.8 Å². The van der Waals surface area contributed by atoms with Gasteiger partial charge in [0.05, 0.1) is 6.10 Å². The zero-order valence-corrected chi connectivity index (χ0v) is 9.90. The fourth-order valence-electron chi connectivity index (χ4n) is 1.70. The first-order valence-corrected chi connectivity index (χ1v) is 5.65. The monoisotopic (exact) mass is 207 g/mol. The Morgan fingerprint density at radius 2 is 2.00 bits per heavy atom. The molecule has 0 amide bonds. The lowest BCUT2D eigenvalue weighted by Gasteiger charge is -2.23. The van der Waals surface area contributed by atoms with Crippen LogP contribution in [0, 0.1) is 0 Å². The van der Waals surface area contributed by atoms with Crippen LogP contribution in [0.2, 0.25) is 0 Å². The molecule has 1 N–H and O–H groups in total. The van der Waals surface area contributed by atoms with Gasteiger partial charge in [0.15, 0.2) is 0 Å². The highest BCUT2D eigenvalue weighted by Gasteiger charge is 2.09. The second-order valence-corrected chi connectivity index (χ2v) is 4.01. The number of para-hydroxylation sites is 1. The molecule has 15 heavy (non-hydrogen) atoms. The molecular formula is C13H21NO. The summed E-state index contributed by atoms with van der Waals surface area (Å²) in [7, 11) is 2.08. The van der Waals surface area contributed by atoms with Crippen molar-refractivity contribution in [3.63, 3.8) is 0 Å². The maximum atomic E-state index is 9.65. The van der Waals surface area contributed by atoms with Gasteiger partial charge in [0.1, 0.15) is 0 Å². The molecule has 2 heteroatoms. The van der Waals surface area contributed by atoms with Crippen LogP contribution in [0.25, 0.3) is 0 Å². The smallest absolute Gasteiger partial charge is 0.0781 e. The van der Waals surface area contributed by atoms with Crippen molar-refractivity contribution in [2.75, 3.05) is 18.5 Å². The van der Waals surface area contributed by atoms with E-state index in [1.54, 1.807) is 0 Å². The molecule has 0 spiro atoms. The van der Waals surface area contributed by atoms with Gasteiger partial charge in [-0.2, -0.15) is 0 Å². The highest BCUT2D eigenvalue weighted by atomic mass is 16.3. The molecule has 0 aliphatic carbocycles. The van der Waals surface area contributed by atoms with Crippen molar-refractivity contribution in [1.82, 2.24) is 0 Å². The summed E-state index contributed by atoms with van der Waals surface area (Å²) in [6.07, 6.45) is 1.98. The lowest BCUT2D eigenvalue weighted by molar-refractivity contribution is 0.199. The number of hydrogen-bond acceptors (Lipinski definition) is 2. The van der Waals surface area contributed by atoms with Crippen LogP contribution < -0.4 is 4.90 Å².